The van der Waals surface area contributed by atoms with E-state index in [-0.39, 0.29) is 29.8 Å². The van der Waals surface area contributed by atoms with Gasteiger partial charge >= 0.3 is 0 Å². The Balaban J connectivity index is 1.97. The molecule has 2 aromatic heterocycles. The molecule has 9 heteroatoms. The Morgan fingerprint density at radius 1 is 1.32 bits per heavy atom. The van der Waals surface area contributed by atoms with Crippen LogP contribution in [0.4, 0.5) is 0 Å². The number of nitrogens with zero attached hydrogens (tertiary/aromatic N) is 5. The Bertz CT molecular complexity index is 930. The predicted molar refractivity (Wildman–Crippen MR) is 105 cm³/mol. The molecule has 0 saturated carbocycles. The van der Waals surface area contributed by atoms with Gasteiger partial charge in [0.15, 0.2) is 5.69 Å². The number of piperazine rings is 1. The second-order valence-electron chi connectivity index (χ2n) is 6.56. The van der Waals surface area contributed by atoms with E-state index in [1.165, 1.54) is 9.58 Å². The van der Waals surface area contributed by atoms with Gasteiger partial charge in [0.05, 0.1) is 23.3 Å². The summed E-state index contributed by atoms with van der Waals surface area (Å²) < 4.78 is 1.53. The summed E-state index contributed by atoms with van der Waals surface area (Å²) in [4.78, 5) is 32.2. The van der Waals surface area contributed by atoms with Gasteiger partial charge in [-0.25, -0.2) is 4.68 Å². The number of hydrogen-bond donors (Lipinski definition) is 2. The first-order chi connectivity index (χ1) is 13.4. The fraction of sp³-hybridized carbons (Fsp3) is 0.316. The molecule has 0 spiro atoms. The lowest BCUT2D eigenvalue weighted by Crippen LogP contribution is -2.50. The van der Waals surface area contributed by atoms with Crippen LogP contribution in [0.3, 0.4) is 0 Å². The van der Waals surface area contributed by atoms with Crippen molar-refractivity contribution in [3.05, 3.63) is 53.8 Å². The second kappa shape index (κ2) is 8.03. The van der Waals surface area contributed by atoms with Gasteiger partial charge in [0.1, 0.15) is 6.54 Å². The quantitative estimate of drug-likeness (QED) is 0.737. The first-order valence-corrected chi connectivity index (χ1v) is 8.89. The molecule has 0 bridgehead atoms. The maximum atomic E-state index is 12.9. The smallest absolute Gasteiger partial charge is 0.274 e. The summed E-state index contributed by atoms with van der Waals surface area (Å²) in [7, 11) is 3.46. The van der Waals surface area contributed by atoms with Crippen molar-refractivity contribution in [2.45, 2.75) is 6.92 Å². The second-order valence-corrected chi connectivity index (χ2v) is 6.56. The minimum Gasteiger partial charge on any atom is -0.394 e. The van der Waals surface area contributed by atoms with Gasteiger partial charge in [-0.2, -0.15) is 5.10 Å². The van der Waals surface area contributed by atoms with E-state index in [4.69, 9.17) is 5.41 Å². The Morgan fingerprint density at radius 3 is 2.75 bits per heavy atom. The molecule has 1 saturated heterocycles. The molecular formula is C19H23N7O2. The van der Waals surface area contributed by atoms with E-state index < -0.39 is 0 Å². The van der Waals surface area contributed by atoms with E-state index in [2.05, 4.69) is 15.4 Å². The van der Waals surface area contributed by atoms with Gasteiger partial charge in [-0.05, 0) is 37.4 Å². The Morgan fingerprint density at radius 2 is 2.11 bits per heavy atom. The fourth-order valence-corrected chi connectivity index (χ4v) is 2.81. The van der Waals surface area contributed by atoms with Gasteiger partial charge in [0, 0.05) is 32.9 Å². The van der Waals surface area contributed by atoms with Crippen molar-refractivity contribution in [2.75, 3.05) is 33.7 Å². The number of allylic oxidation sites excluding steroid dienone is 1. The van der Waals surface area contributed by atoms with Crippen molar-refractivity contribution >= 4 is 17.5 Å². The van der Waals surface area contributed by atoms with Crippen LogP contribution in [0.1, 0.15) is 21.9 Å². The summed E-state index contributed by atoms with van der Waals surface area (Å²) in [6.07, 6.45) is 4.87. The zero-order chi connectivity index (χ0) is 20.3. The van der Waals surface area contributed by atoms with Crippen molar-refractivity contribution in [3.8, 4) is 5.69 Å². The Hall–Kier alpha value is -3.49. The molecule has 9 nitrogen and oxygen atoms in total. The molecule has 2 N–H and O–H groups in total. The highest BCUT2D eigenvalue weighted by atomic mass is 16.2. The van der Waals surface area contributed by atoms with Gasteiger partial charge in [-0.1, -0.05) is 0 Å². The van der Waals surface area contributed by atoms with E-state index in [1.54, 1.807) is 43.5 Å². The van der Waals surface area contributed by atoms with E-state index in [9.17, 15) is 9.59 Å². The van der Waals surface area contributed by atoms with Crippen molar-refractivity contribution in [1.29, 1.82) is 5.41 Å². The minimum absolute atomic E-state index is 0.0285. The van der Waals surface area contributed by atoms with Crippen molar-refractivity contribution in [2.24, 2.45) is 0 Å². The van der Waals surface area contributed by atoms with Crippen LogP contribution in [0.25, 0.3) is 5.69 Å². The van der Waals surface area contributed by atoms with Crippen LogP contribution in [0.15, 0.2) is 36.7 Å². The third-order valence-corrected chi connectivity index (χ3v) is 4.51. The maximum Gasteiger partial charge on any atom is 0.274 e. The molecule has 1 fully saturated rings. The highest BCUT2D eigenvalue weighted by Crippen LogP contribution is 2.16. The number of likely N-dealkylation sites (N-methyl/N-ethyl adjacent to an activating group) is 1. The standard InChI is InChI=1S/C19H23N7O2/c1-13-4-5-14(11-22-13)26-17(15(20)6-7-21-2)10-16(23-26)19(28)25-9-8-24(3)18(27)12-25/h4-7,10-11,20-21H,8-9,12H2,1-3H3/b7-6-,20-15?. The largest absolute Gasteiger partial charge is 0.394 e. The predicted octanol–water partition coefficient (Wildman–Crippen LogP) is 0.591. The number of hydrogen-bond acceptors (Lipinski definition) is 6. The lowest BCUT2D eigenvalue weighted by molar-refractivity contribution is -0.133. The fourth-order valence-electron chi connectivity index (χ4n) is 2.81. The third kappa shape index (κ3) is 3.93. The molecule has 0 unspecified atom stereocenters. The van der Waals surface area contributed by atoms with Gasteiger partial charge < -0.3 is 15.1 Å². The number of rotatable bonds is 5. The topological polar surface area (TPSA) is 107 Å². The molecule has 1 aliphatic rings. The highest BCUT2D eigenvalue weighted by Gasteiger charge is 2.28. The van der Waals surface area contributed by atoms with Crippen LogP contribution < -0.4 is 5.32 Å². The molecular weight excluding hydrogens is 358 g/mol. The molecule has 2 amide bonds. The number of carbonyl (C=O) groups excluding carboxylic acids is 2. The average molecular weight is 381 g/mol. The average Bonchev–Trinajstić information content (AvgIpc) is 3.13. The molecule has 28 heavy (non-hydrogen) atoms. The highest BCUT2D eigenvalue weighted by molar-refractivity contribution is 6.07. The zero-order valence-electron chi connectivity index (χ0n) is 16.1. The molecule has 1 aliphatic heterocycles. The van der Waals surface area contributed by atoms with Gasteiger partial charge in [0.2, 0.25) is 5.91 Å². The molecule has 0 radical (unpaired) electrons. The maximum absolute atomic E-state index is 12.9. The number of aryl methyl sites for hydroxylation is 1. The first kappa shape index (κ1) is 19.3. The normalized spacial score (nSPS) is 14.6. The Kier molecular flexibility index (Phi) is 5.53. The van der Waals surface area contributed by atoms with E-state index >= 15 is 0 Å². The van der Waals surface area contributed by atoms with Crippen LogP contribution >= 0.6 is 0 Å². The summed E-state index contributed by atoms with van der Waals surface area (Å²) >= 11 is 0. The summed E-state index contributed by atoms with van der Waals surface area (Å²) in [5.74, 6) is -0.432. The molecule has 3 rings (SSSR count). The zero-order valence-corrected chi connectivity index (χ0v) is 16.1. The molecule has 0 aliphatic carbocycles. The monoisotopic (exact) mass is 381 g/mol. The van der Waals surface area contributed by atoms with Gasteiger partial charge in [-0.15, -0.1) is 0 Å². The van der Waals surface area contributed by atoms with Crippen LogP contribution in [0.2, 0.25) is 0 Å². The molecule has 2 aromatic rings. The molecule has 146 valence electrons. The van der Waals surface area contributed by atoms with Crippen LogP contribution in [-0.2, 0) is 4.79 Å². The van der Waals surface area contributed by atoms with Gasteiger partial charge in [0.25, 0.3) is 5.91 Å². The minimum atomic E-state index is -0.327. The lowest BCUT2D eigenvalue weighted by atomic mass is 10.2. The van der Waals surface area contributed by atoms with Crippen molar-refractivity contribution in [3.63, 3.8) is 0 Å². The van der Waals surface area contributed by atoms with E-state index in [1.807, 2.05) is 19.1 Å². The molecule has 0 aromatic carbocycles. The number of carbonyl (C=O) groups is 2. The number of amides is 2. The molecule has 0 atom stereocenters. The van der Waals surface area contributed by atoms with Crippen molar-refractivity contribution < 1.29 is 9.59 Å². The summed E-state index contributed by atoms with van der Waals surface area (Å²) in [6, 6.07) is 5.25. The number of nitrogens with one attached hydrogen (secondary N) is 2. The first-order valence-electron chi connectivity index (χ1n) is 8.89. The molecule has 3 heterocycles. The van der Waals surface area contributed by atoms with Crippen LogP contribution in [0, 0.1) is 12.3 Å². The Labute approximate surface area is 163 Å². The lowest BCUT2D eigenvalue weighted by Gasteiger charge is -2.31. The summed E-state index contributed by atoms with van der Waals surface area (Å²) in [5.41, 5.74) is 2.35. The van der Waals surface area contributed by atoms with Crippen LogP contribution in [-0.4, -0.2) is 75.8 Å². The third-order valence-electron chi connectivity index (χ3n) is 4.51. The van der Waals surface area contributed by atoms with Crippen molar-refractivity contribution in [1.82, 2.24) is 29.9 Å². The SMILES string of the molecule is CN/C=C\C(=N)c1cc(C(=O)N2CCN(C)C(=O)C2)nn1-c1ccc(C)nc1. The number of aromatic nitrogens is 3. The number of pyridine rings is 1. The van der Waals surface area contributed by atoms with E-state index in [0.29, 0.717) is 24.5 Å². The summed E-state index contributed by atoms with van der Waals surface area (Å²) in [5, 5.41) is 15.6. The van der Waals surface area contributed by atoms with E-state index in [0.717, 1.165) is 5.69 Å². The van der Waals surface area contributed by atoms with Gasteiger partial charge in [-0.3, -0.25) is 20.0 Å². The summed E-state index contributed by atoms with van der Waals surface area (Å²) in [6.45, 7) is 2.85. The van der Waals surface area contributed by atoms with Crippen LogP contribution in [0.5, 0.6) is 0 Å².